The van der Waals surface area contributed by atoms with Crippen molar-refractivity contribution in [2.45, 2.75) is 0 Å². The number of amides is 1. The number of aromatic nitrogens is 1. The number of para-hydroxylation sites is 1. The van der Waals surface area contributed by atoms with Crippen LogP contribution in [0, 0.1) is 5.82 Å². The van der Waals surface area contributed by atoms with Crippen molar-refractivity contribution in [3.63, 3.8) is 0 Å². The second-order valence-corrected chi connectivity index (χ2v) is 5.85. The van der Waals surface area contributed by atoms with Gasteiger partial charge >= 0.3 is 0 Å². The third kappa shape index (κ3) is 3.82. The van der Waals surface area contributed by atoms with Crippen LogP contribution in [0.1, 0.15) is 10.4 Å². The first-order valence-electron chi connectivity index (χ1n) is 8.38. The number of carbonyl (C=O) groups excluding carboxylic acids is 1. The number of nitrogens with zero attached hydrogens (tertiary/aromatic N) is 1. The van der Waals surface area contributed by atoms with Gasteiger partial charge in [-0.15, -0.1) is 0 Å². The molecule has 0 atom stereocenters. The van der Waals surface area contributed by atoms with E-state index in [2.05, 4.69) is 15.6 Å². The number of pyridine rings is 1. The highest BCUT2D eigenvalue weighted by atomic mass is 19.1. The molecule has 0 aliphatic carbocycles. The lowest BCUT2D eigenvalue weighted by Crippen LogP contribution is -2.16. The molecule has 0 fully saturated rings. The molecular weight excluding hydrogens is 349 g/mol. The van der Waals surface area contributed by atoms with Crippen LogP contribution in [0.3, 0.4) is 0 Å². The van der Waals surface area contributed by atoms with Crippen molar-refractivity contribution in [1.29, 1.82) is 0 Å². The van der Waals surface area contributed by atoms with E-state index < -0.39 is 0 Å². The minimum atomic E-state index is -0.375. The highest BCUT2D eigenvalue weighted by Gasteiger charge is 2.13. The zero-order valence-electron chi connectivity index (χ0n) is 14.2. The van der Waals surface area contributed by atoms with E-state index in [-0.39, 0.29) is 11.7 Å². The average Bonchev–Trinajstić information content (AvgIpc) is 2.70. The summed E-state index contributed by atoms with van der Waals surface area (Å²) in [6.45, 7) is 0.989. The SMILES string of the molecule is O=C(Nc1ccc2c(c1)OCCO2)c1ccc(Nc2ccccc2F)nc1. The number of hydrogen-bond donors (Lipinski definition) is 2. The van der Waals surface area contributed by atoms with Crippen molar-refractivity contribution in [2.24, 2.45) is 0 Å². The molecule has 2 N–H and O–H groups in total. The summed E-state index contributed by atoms with van der Waals surface area (Å²) < 4.78 is 24.6. The summed E-state index contributed by atoms with van der Waals surface area (Å²) in [4.78, 5) is 16.6. The molecule has 0 radical (unpaired) electrons. The van der Waals surface area contributed by atoms with E-state index in [1.54, 1.807) is 48.5 Å². The fourth-order valence-corrected chi connectivity index (χ4v) is 2.63. The van der Waals surface area contributed by atoms with Crippen molar-refractivity contribution in [1.82, 2.24) is 4.98 Å². The predicted octanol–water partition coefficient (Wildman–Crippen LogP) is 3.99. The van der Waals surface area contributed by atoms with Crippen molar-refractivity contribution in [3.8, 4) is 11.5 Å². The Hall–Kier alpha value is -3.61. The normalized spacial score (nSPS) is 12.3. The standard InChI is InChI=1S/C20H16FN3O3/c21-15-3-1-2-4-16(15)24-19-8-5-13(12-22-19)20(25)23-14-6-7-17-18(11-14)27-10-9-26-17/h1-8,11-12H,9-10H2,(H,22,24)(H,23,25). The highest BCUT2D eigenvalue weighted by molar-refractivity contribution is 6.04. The molecule has 3 aromatic rings. The van der Waals surface area contributed by atoms with E-state index in [0.717, 1.165) is 0 Å². The summed E-state index contributed by atoms with van der Waals surface area (Å²) in [6, 6.07) is 14.7. The molecule has 6 nitrogen and oxygen atoms in total. The number of hydrogen-bond acceptors (Lipinski definition) is 5. The van der Waals surface area contributed by atoms with Gasteiger partial charge in [0.25, 0.3) is 5.91 Å². The topological polar surface area (TPSA) is 72.5 Å². The largest absolute Gasteiger partial charge is 0.486 e. The average molecular weight is 365 g/mol. The van der Waals surface area contributed by atoms with Crippen LogP contribution < -0.4 is 20.1 Å². The lowest BCUT2D eigenvalue weighted by atomic mass is 10.2. The van der Waals surface area contributed by atoms with Crippen molar-refractivity contribution >= 4 is 23.1 Å². The Kier molecular flexibility index (Phi) is 4.57. The van der Waals surface area contributed by atoms with Gasteiger partial charge in [-0.05, 0) is 36.4 Å². The maximum atomic E-state index is 13.7. The molecule has 2 aromatic carbocycles. The second kappa shape index (κ2) is 7.33. The number of fused-ring (bicyclic) bond motifs is 1. The monoisotopic (exact) mass is 365 g/mol. The summed E-state index contributed by atoms with van der Waals surface area (Å²) in [5, 5.41) is 5.67. The van der Waals surface area contributed by atoms with Crippen molar-refractivity contribution in [3.05, 3.63) is 72.2 Å². The van der Waals surface area contributed by atoms with Gasteiger partial charge in [0, 0.05) is 18.0 Å². The zero-order valence-corrected chi connectivity index (χ0v) is 14.2. The minimum Gasteiger partial charge on any atom is -0.486 e. The van der Waals surface area contributed by atoms with Gasteiger partial charge in [0.1, 0.15) is 24.8 Å². The maximum Gasteiger partial charge on any atom is 0.257 e. The fraction of sp³-hybridized carbons (Fsp3) is 0.100. The molecule has 0 saturated carbocycles. The van der Waals surface area contributed by atoms with Gasteiger partial charge in [-0.1, -0.05) is 12.1 Å². The molecule has 0 spiro atoms. The van der Waals surface area contributed by atoms with Gasteiger partial charge in [0.2, 0.25) is 0 Å². The van der Waals surface area contributed by atoms with E-state index in [4.69, 9.17) is 9.47 Å². The van der Waals surface area contributed by atoms with Crippen LogP contribution in [-0.2, 0) is 0 Å². The lowest BCUT2D eigenvalue weighted by Gasteiger charge is -2.19. The number of nitrogens with one attached hydrogen (secondary N) is 2. The highest BCUT2D eigenvalue weighted by Crippen LogP contribution is 2.32. The maximum absolute atomic E-state index is 13.7. The number of rotatable bonds is 4. The van der Waals surface area contributed by atoms with Gasteiger partial charge in [0.15, 0.2) is 11.5 Å². The van der Waals surface area contributed by atoms with E-state index in [1.165, 1.54) is 12.3 Å². The molecule has 1 aromatic heterocycles. The number of carbonyl (C=O) groups is 1. The number of benzene rings is 2. The minimum absolute atomic E-state index is 0.309. The Morgan fingerprint density at radius 1 is 1.00 bits per heavy atom. The van der Waals surface area contributed by atoms with Crippen LogP contribution >= 0.6 is 0 Å². The van der Waals surface area contributed by atoms with Crippen LogP contribution in [0.5, 0.6) is 11.5 Å². The van der Waals surface area contributed by atoms with Crippen LogP contribution in [0.25, 0.3) is 0 Å². The lowest BCUT2D eigenvalue weighted by molar-refractivity contribution is 0.102. The van der Waals surface area contributed by atoms with E-state index >= 15 is 0 Å². The van der Waals surface area contributed by atoms with Gasteiger partial charge in [0.05, 0.1) is 11.3 Å². The third-order valence-corrected chi connectivity index (χ3v) is 3.96. The molecule has 1 aliphatic rings. The van der Waals surface area contributed by atoms with Gasteiger partial charge < -0.3 is 20.1 Å². The molecular formula is C20H16FN3O3. The molecule has 27 heavy (non-hydrogen) atoms. The van der Waals surface area contributed by atoms with E-state index in [9.17, 15) is 9.18 Å². The smallest absolute Gasteiger partial charge is 0.257 e. The Labute approximate surface area is 155 Å². The van der Waals surface area contributed by atoms with E-state index in [0.29, 0.717) is 47.5 Å². The summed E-state index contributed by atoms with van der Waals surface area (Å²) in [5.74, 6) is 1.01. The molecule has 0 saturated heterocycles. The fourth-order valence-electron chi connectivity index (χ4n) is 2.63. The first kappa shape index (κ1) is 16.8. The number of anilines is 3. The Balaban J connectivity index is 1.44. The Morgan fingerprint density at radius 2 is 1.81 bits per heavy atom. The molecule has 136 valence electrons. The summed E-state index contributed by atoms with van der Waals surface area (Å²) >= 11 is 0. The molecule has 2 heterocycles. The Bertz CT molecular complexity index is 976. The van der Waals surface area contributed by atoms with Gasteiger partial charge in [-0.2, -0.15) is 0 Å². The molecule has 0 unspecified atom stereocenters. The first-order chi connectivity index (χ1) is 13.2. The zero-order chi connectivity index (χ0) is 18.6. The van der Waals surface area contributed by atoms with Crippen LogP contribution in [0.4, 0.5) is 21.6 Å². The summed E-state index contributed by atoms with van der Waals surface area (Å²) in [7, 11) is 0. The molecule has 1 amide bonds. The van der Waals surface area contributed by atoms with Crippen molar-refractivity contribution in [2.75, 3.05) is 23.8 Å². The van der Waals surface area contributed by atoms with Crippen LogP contribution in [0.15, 0.2) is 60.8 Å². The third-order valence-electron chi connectivity index (χ3n) is 3.96. The van der Waals surface area contributed by atoms with Crippen LogP contribution in [-0.4, -0.2) is 24.1 Å². The summed E-state index contributed by atoms with van der Waals surface area (Å²) in [5.41, 5.74) is 1.29. The Morgan fingerprint density at radius 3 is 2.59 bits per heavy atom. The predicted molar refractivity (Wildman–Crippen MR) is 99.3 cm³/mol. The second-order valence-electron chi connectivity index (χ2n) is 5.85. The number of halogens is 1. The first-order valence-corrected chi connectivity index (χ1v) is 8.38. The van der Waals surface area contributed by atoms with Crippen molar-refractivity contribution < 1.29 is 18.7 Å². The van der Waals surface area contributed by atoms with Gasteiger partial charge in [-0.25, -0.2) is 9.37 Å². The molecule has 4 rings (SSSR count). The van der Waals surface area contributed by atoms with Gasteiger partial charge in [-0.3, -0.25) is 4.79 Å². The summed E-state index contributed by atoms with van der Waals surface area (Å²) in [6.07, 6.45) is 1.43. The molecule has 7 heteroatoms. The molecule has 1 aliphatic heterocycles. The van der Waals surface area contributed by atoms with Crippen LogP contribution in [0.2, 0.25) is 0 Å². The number of ether oxygens (including phenoxy) is 2. The molecule has 0 bridgehead atoms. The quantitative estimate of drug-likeness (QED) is 0.731. The van der Waals surface area contributed by atoms with E-state index in [1.807, 2.05) is 0 Å².